The molecule has 3 aromatic heterocycles. The van der Waals surface area contributed by atoms with E-state index < -0.39 is 12.3 Å². The zero-order valence-corrected chi connectivity index (χ0v) is 22.9. The van der Waals surface area contributed by atoms with E-state index in [1.807, 2.05) is 12.1 Å². The first-order valence-corrected chi connectivity index (χ1v) is 13.8. The Labute approximate surface area is 242 Å². The Bertz CT molecular complexity index is 1510. The molecular formula is C27H25F3N8O3S. The third kappa shape index (κ3) is 8.19. The number of nitrogens with one attached hydrogen (secondary N) is 2. The molecule has 4 heterocycles. The summed E-state index contributed by atoms with van der Waals surface area (Å²) in [4.78, 5) is 30.8. The van der Waals surface area contributed by atoms with E-state index in [2.05, 4.69) is 45.6 Å². The lowest BCUT2D eigenvalue weighted by Crippen LogP contribution is -2.33. The minimum Gasteiger partial charge on any atom is -0.406 e. The van der Waals surface area contributed by atoms with Crippen LogP contribution in [0.1, 0.15) is 34.9 Å². The number of hydrogen-bond donors (Lipinski definition) is 2. The van der Waals surface area contributed by atoms with Crippen molar-refractivity contribution in [2.45, 2.75) is 38.0 Å². The molecule has 42 heavy (non-hydrogen) atoms. The van der Waals surface area contributed by atoms with E-state index in [9.17, 15) is 22.8 Å². The van der Waals surface area contributed by atoms with Crippen LogP contribution in [-0.2, 0) is 22.4 Å². The quantitative estimate of drug-likeness (QED) is 0.288. The molecule has 1 aromatic carbocycles. The Kier molecular flexibility index (Phi) is 8.85. The van der Waals surface area contributed by atoms with Gasteiger partial charge in [0.05, 0.1) is 12.8 Å². The van der Waals surface area contributed by atoms with Crippen LogP contribution in [0.2, 0.25) is 0 Å². The zero-order chi connectivity index (χ0) is 29.5. The lowest BCUT2D eigenvalue weighted by molar-refractivity contribution is -0.274. The summed E-state index contributed by atoms with van der Waals surface area (Å²) in [5.74, 6) is 0.208. The fraction of sp³-hybridized carbons (Fsp3) is 0.296. The number of carbonyl (C=O) groups is 2. The lowest BCUT2D eigenvalue weighted by atomic mass is 9.98. The Balaban J connectivity index is 1.08. The first-order chi connectivity index (χ1) is 20.2. The second kappa shape index (κ2) is 12.9. The van der Waals surface area contributed by atoms with Gasteiger partial charge >= 0.3 is 6.36 Å². The Morgan fingerprint density at radius 2 is 1.69 bits per heavy atom. The molecule has 0 atom stereocenters. The van der Waals surface area contributed by atoms with Crippen molar-refractivity contribution in [1.29, 1.82) is 0 Å². The van der Waals surface area contributed by atoms with Gasteiger partial charge in [0.15, 0.2) is 11.6 Å². The van der Waals surface area contributed by atoms with Crippen molar-refractivity contribution in [2.75, 3.05) is 28.6 Å². The van der Waals surface area contributed by atoms with Crippen LogP contribution in [0.4, 0.5) is 29.9 Å². The van der Waals surface area contributed by atoms with Gasteiger partial charge in [-0.1, -0.05) is 29.5 Å². The van der Waals surface area contributed by atoms with E-state index in [1.165, 1.54) is 29.5 Å². The van der Waals surface area contributed by atoms with Crippen molar-refractivity contribution in [3.05, 3.63) is 77.1 Å². The molecule has 1 fully saturated rings. The molecule has 1 saturated heterocycles. The number of benzene rings is 1. The van der Waals surface area contributed by atoms with E-state index in [4.69, 9.17) is 0 Å². The van der Waals surface area contributed by atoms with Crippen molar-refractivity contribution in [3.63, 3.8) is 0 Å². The highest BCUT2D eigenvalue weighted by Crippen LogP contribution is 2.33. The van der Waals surface area contributed by atoms with Crippen LogP contribution in [0.3, 0.4) is 0 Å². The van der Waals surface area contributed by atoms with Gasteiger partial charge in [0.25, 0.3) is 0 Å². The Morgan fingerprint density at radius 1 is 0.929 bits per heavy atom. The number of pyridine rings is 1. The number of nitrogens with zero attached hydrogens (tertiary/aromatic N) is 6. The van der Waals surface area contributed by atoms with Gasteiger partial charge in [-0.25, -0.2) is 0 Å². The molecule has 2 amide bonds. The highest BCUT2D eigenvalue weighted by molar-refractivity contribution is 7.15. The van der Waals surface area contributed by atoms with Gasteiger partial charge in [-0.15, -0.1) is 33.6 Å². The van der Waals surface area contributed by atoms with Crippen molar-refractivity contribution >= 4 is 39.9 Å². The first-order valence-electron chi connectivity index (χ1n) is 13.0. The second-order valence-corrected chi connectivity index (χ2v) is 10.5. The molecule has 15 heteroatoms. The average Bonchev–Trinajstić information content (AvgIpc) is 3.41. The number of piperidine rings is 1. The van der Waals surface area contributed by atoms with Gasteiger partial charge in [0, 0.05) is 31.4 Å². The molecular weight excluding hydrogens is 573 g/mol. The average molecular weight is 599 g/mol. The smallest absolute Gasteiger partial charge is 0.406 e. The van der Waals surface area contributed by atoms with E-state index in [1.54, 1.807) is 30.6 Å². The predicted octanol–water partition coefficient (Wildman–Crippen LogP) is 4.37. The summed E-state index contributed by atoms with van der Waals surface area (Å²) in [6, 6.07) is 12.4. The summed E-state index contributed by atoms with van der Waals surface area (Å²) in [5.41, 5.74) is 1.17. The molecule has 218 valence electrons. The zero-order valence-electron chi connectivity index (χ0n) is 22.0. The van der Waals surface area contributed by atoms with Crippen molar-refractivity contribution in [3.8, 4) is 5.75 Å². The minimum atomic E-state index is -4.81. The summed E-state index contributed by atoms with van der Waals surface area (Å²) in [6.07, 6.45) is 0.112. The number of aromatic nitrogens is 5. The van der Waals surface area contributed by atoms with Crippen LogP contribution in [0.5, 0.6) is 5.75 Å². The van der Waals surface area contributed by atoms with E-state index in [0.717, 1.165) is 23.4 Å². The molecule has 0 spiro atoms. The fourth-order valence-electron chi connectivity index (χ4n) is 4.44. The minimum absolute atomic E-state index is 0.142. The molecule has 5 rings (SSSR count). The van der Waals surface area contributed by atoms with Crippen molar-refractivity contribution in [2.24, 2.45) is 0 Å². The third-order valence-electron chi connectivity index (χ3n) is 6.36. The maximum atomic E-state index is 12.5. The largest absolute Gasteiger partial charge is 0.573 e. The van der Waals surface area contributed by atoms with E-state index in [0.29, 0.717) is 35.4 Å². The molecule has 1 aliphatic heterocycles. The molecule has 0 bridgehead atoms. The number of ether oxygens (including phenoxy) is 1. The molecule has 0 unspecified atom stereocenters. The second-order valence-electron chi connectivity index (χ2n) is 9.49. The number of halogens is 3. The summed E-state index contributed by atoms with van der Waals surface area (Å²) in [5, 5.41) is 23.2. The summed E-state index contributed by atoms with van der Waals surface area (Å²) in [7, 11) is 0. The van der Waals surface area contributed by atoms with E-state index >= 15 is 0 Å². The molecule has 0 aliphatic carbocycles. The first kappa shape index (κ1) is 28.9. The third-order valence-corrected chi connectivity index (χ3v) is 7.36. The highest BCUT2D eigenvalue weighted by atomic mass is 32.1. The molecule has 11 nitrogen and oxygen atoms in total. The van der Waals surface area contributed by atoms with Crippen molar-refractivity contribution < 1.29 is 27.5 Å². The molecule has 0 radical (unpaired) electrons. The number of amides is 2. The predicted molar refractivity (Wildman–Crippen MR) is 148 cm³/mol. The molecule has 2 N–H and O–H groups in total. The van der Waals surface area contributed by atoms with Crippen LogP contribution < -0.4 is 20.3 Å². The van der Waals surface area contributed by atoms with Gasteiger partial charge in [0.2, 0.25) is 16.9 Å². The summed E-state index contributed by atoms with van der Waals surface area (Å²) < 4.78 is 41.3. The summed E-state index contributed by atoms with van der Waals surface area (Å²) >= 11 is 1.28. The normalized spacial score (nSPS) is 13.9. The van der Waals surface area contributed by atoms with Crippen LogP contribution in [0.25, 0.3) is 0 Å². The van der Waals surface area contributed by atoms with Crippen molar-refractivity contribution in [1.82, 2.24) is 25.4 Å². The van der Waals surface area contributed by atoms with Gasteiger partial charge in [-0.3, -0.25) is 14.6 Å². The SMILES string of the molecule is O=C(Cc1cccnc1)Nc1ccc(N2CCC(c3nnc(NC(=O)Cc4cccc(OC(F)(F)F)c4)s3)CC2)nn1. The molecule has 1 aliphatic rings. The number of carbonyl (C=O) groups excluding carboxylic acids is 2. The number of hydrogen-bond acceptors (Lipinski definition) is 10. The monoisotopic (exact) mass is 598 g/mol. The maximum Gasteiger partial charge on any atom is 0.573 e. The Hall–Kier alpha value is -4.66. The molecule has 4 aromatic rings. The van der Waals surface area contributed by atoms with Crippen LogP contribution >= 0.6 is 11.3 Å². The van der Waals surface area contributed by atoms with Gasteiger partial charge in [-0.2, -0.15) is 0 Å². The molecule has 0 saturated carbocycles. The Morgan fingerprint density at radius 3 is 2.40 bits per heavy atom. The maximum absolute atomic E-state index is 12.5. The topological polar surface area (TPSA) is 135 Å². The van der Waals surface area contributed by atoms with Gasteiger partial charge in [0.1, 0.15) is 10.8 Å². The van der Waals surface area contributed by atoms with E-state index in [-0.39, 0.29) is 30.4 Å². The fourth-order valence-corrected chi connectivity index (χ4v) is 5.37. The standard InChI is InChI=1S/C27H25F3N8O3S/c28-27(29,30)41-20-5-1-3-17(13-20)14-24(40)33-26-37-36-25(42-26)19-8-11-38(12-9-19)22-7-6-21(34-35-22)32-23(39)15-18-4-2-10-31-16-18/h1-7,10,13,16,19H,8-9,11-12,14-15H2,(H,32,34,39)(H,33,37,40). The summed E-state index contributed by atoms with van der Waals surface area (Å²) in [6.45, 7) is 1.42. The number of alkyl halides is 3. The van der Waals surface area contributed by atoms with Crippen LogP contribution in [-0.4, -0.2) is 56.6 Å². The highest BCUT2D eigenvalue weighted by Gasteiger charge is 2.31. The van der Waals surface area contributed by atoms with Crippen LogP contribution in [0, 0.1) is 0 Å². The van der Waals surface area contributed by atoms with Crippen LogP contribution in [0.15, 0.2) is 60.9 Å². The lowest BCUT2D eigenvalue weighted by Gasteiger charge is -2.31. The number of rotatable bonds is 9. The number of anilines is 3. The van der Waals surface area contributed by atoms with Gasteiger partial charge < -0.3 is 20.3 Å². The van der Waals surface area contributed by atoms with Gasteiger partial charge in [-0.05, 0) is 54.3 Å².